The van der Waals surface area contributed by atoms with Crippen LogP contribution in [0.15, 0.2) is 4.52 Å². The third-order valence-corrected chi connectivity index (χ3v) is 3.31. The van der Waals surface area contributed by atoms with Gasteiger partial charge >= 0.3 is 6.03 Å². The van der Waals surface area contributed by atoms with Gasteiger partial charge in [0.25, 0.3) is 0 Å². The highest BCUT2D eigenvalue weighted by Gasteiger charge is 2.10. The predicted molar refractivity (Wildman–Crippen MR) is 81.2 cm³/mol. The molecule has 1 atom stereocenters. The molecular formula is C15H27N3O3. The minimum Gasteiger partial charge on any atom is -0.391 e. The zero-order chi connectivity index (χ0) is 15.8. The average Bonchev–Trinajstić information content (AvgIpc) is 2.71. The minimum absolute atomic E-state index is 0.239. The molecule has 1 aromatic rings. The summed E-state index contributed by atoms with van der Waals surface area (Å²) in [7, 11) is 0. The van der Waals surface area contributed by atoms with Crippen molar-refractivity contribution in [3.05, 3.63) is 17.0 Å². The zero-order valence-corrected chi connectivity index (χ0v) is 13.4. The molecule has 1 aromatic heterocycles. The van der Waals surface area contributed by atoms with Crippen molar-refractivity contribution in [3.63, 3.8) is 0 Å². The summed E-state index contributed by atoms with van der Waals surface area (Å²) >= 11 is 0. The molecule has 0 saturated heterocycles. The van der Waals surface area contributed by atoms with Gasteiger partial charge in [0, 0.05) is 18.7 Å². The summed E-state index contributed by atoms with van der Waals surface area (Å²) in [6, 6.07) is -0.239. The number of aryl methyl sites for hydroxylation is 2. The highest BCUT2D eigenvalue weighted by atomic mass is 16.5. The first-order chi connectivity index (χ1) is 9.90. The summed E-state index contributed by atoms with van der Waals surface area (Å²) in [6.45, 7) is 8.76. The first kappa shape index (κ1) is 17.5. The van der Waals surface area contributed by atoms with E-state index in [0.29, 0.717) is 18.9 Å². The van der Waals surface area contributed by atoms with Crippen molar-refractivity contribution in [2.24, 2.45) is 5.92 Å². The number of rotatable bonds is 8. The Bertz CT molecular complexity index is 424. The van der Waals surface area contributed by atoms with E-state index in [0.717, 1.165) is 29.9 Å². The maximum absolute atomic E-state index is 11.6. The number of nitrogens with one attached hydrogen (secondary N) is 2. The highest BCUT2D eigenvalue weighted by Crippen LogP contribution is 2.13. The number of carbonyl (C=O) groups excluding carboxylic acids is 1. The summed E-state index contributed by atoms with van der Waals surface area (Å²) in [5.41, 5.74) is 2.03. The van der Waals surface area contributed by atoms with E-state index in [9.17, 15) is 9.90 Å². The maximum atomic E-state index is 11.6. The lowest BCUT2D eigenvalue weighted by atomic mass is 10.1. The maximum Gasteiger partial charge on any atom is 0.314 e. The second-order valence-electron chi connectivity index (χ2n) is 5.83. The van der Waals surface area contributed by atoms with Gasteiger partial charge in [0.15, 0.2) is 0 Å². The Labute approximate surface area is 126 Å². The summed E-state index contributed by atoms with van der Waals surface area (Å²) in [4.78, 5) is 11.6. The van der Waals surface area contributed by atoms with Gasteiger partial charge in [-0.1, -0.05) is 19.0 Å². The number of aliphatic hydroxyl groups is 1. The molecule has 0 saturated carbocycles. The lowest BCUT2D eigenvalue weighted by Crippen LogP contribution is -2.40. The molecule has 1 rings (SSSR count). The van der Waals surface area contributed by atoms with Crippen molar-refractivity contribution in [2.45, 2.75) is 53.1 Å². The molecule has 0 aliphatic rings. The lowest BCUT2D eigenvalue weighted by Gasteiger charge is -2.14. The van der Waals surface area contributed by atoms with Crippen LogP contribution < -0.4 is 10.6 Å². The molecule has 1 unspecified atom stereocenters. The summed E-state index contributed by atoms with van der Waals surface area (Å²) in [6.07, 6.45) is 1.85. The number of carbonyl (C=O) groups is 1. The number of hydrogen-bond donors (Lipinski definition) is 3. The van der Waals surface area contributed by atoms with Crippen molar-refractivity contribution < 1.29 is 14.4 Å². The van der Waals surface area contributed by atoms with Crippen molar-refractivity contribution >= 4 is 6.03 Å². The van der Waals surface area contributed by atoms with E-state index in [1.807, 2.05) is 27.7 Å². The number of aliphatic hydroxyl groups excluding tert-OH is 1. The van der Waals surface area contributed by atoms with Crippen molar-refractivity contribution in [1.29, 1.82) is 0 Å². The van der Waals surface area contributed by atoms with Crippen molar-refractivity contribution in [3.8, 4) is 0 Å². The topological polar surface area (TPSA) is 87.4 Å². The van der Waals surface area contributed by atoms with E-state index in [1.165, 1.54) is 0 Å². The second kappa shape index (κ2) is 8.67. The van der Waals surface area contributed by atoms with Gasteiger partial charge in [0.2, 0.25) is 0 Å². The molecule has 0 aliphatic heterocycles. The SMILES string of the molecule is Cc1noc(C)c1CCCNC(=O)NCC(O)CC(C)C. The van der Waals surface area contributed by atoms with Gasteiger partial charge in [-0.2, -0.15) is 0 Å². The first-order valence-electron chi connectivity index (χ1n) is 7.51. The number of amides is 2. The largest absolute Gasteiger partial charge is 0.391 e. The Balaban J connectivity index is 2.14. The Morgan fingerprint density at radius 2 is 2.05 bits per heavy atom. The third-order valence-electron chi connectivity index (χ3n) is 3.31. The molecule has 0 fully saturated rings. The monoisotopic (exact) mass is 297 g/mol. The van der Waals surface area contributed by atoms with Crippen LogP contribution in [0.3, 0.4) is 0 Å². The van der Waals surface area contributed by atoms with E-state index < -0.39 is 6.10 Å². The predicted octanol–water partition coefficient (Wildman–Crippen LogP) is 1.93. The van der Waals surface area contributed by atoms with Crippen molar-refractivity contribution in [1.82, 2.24) is 15.8 Å². The van der Waals surface area contributed by atoms with Crippen LogP contribution in [0.4, 0.5) is 4.79 Å². The van der Waals surface area contributed by atoms with E-state index in [4.69, 9.17) is 4.52 Å². The van der Waals surface area contributed by atoms with Crippen LogP contribution in [-0.4, -0.2) is 35.5 Å². The van der Waals surface area contributed by atoms with E-state index in [2.05, 4.69) is 15.8 Å². The molecule has 6 heteroatoms. The number of aromatic nitrogens is 1. The second-order valence-corrected chi connectivity index (χ2v) is 5.83. The van der Waals surface area contributed by atoms with Gasteiger partial charge in [-0.15, -0.1) is 0 Å². The molecule has 21 heavy (non-hydrogen) atoms. The minimum atomic E-state index is -0.488. The molecule has 3 N–H and O–H groups in total. The van der Waals surface area contributed by atoms with Gasteiger partial charge in [-0.3, -0.25) is 0 Å². The molecular weight excluding hydrogens is 270 g/mol. The number of hydrogen-bond acceptors (Lipinski definition) is 4. The zero-order valence-electron chi connectivity index (χ0n) is 13.4. The van der Waals surface area contributed by atoms with Gasteiger partial charge in [-0.05, 0) is 39.0 Å². The molecule has 0 aliphatic carbocycles. The quantitative estimate of drug-likeness (QED) is 0.640. The van der Waals surface area contributed by atoms with Gasteiger partial charge in [0.1, 0.15) is 5.76 Å². The Kier molecular flexibility index (Phi) is 7.22. The van der Waals surface area contributed by atoms with E-state index >= 15 is 0 Å². The van der Waals surface area contributed by atoms with Crippen LogP contribution in [-0.2, 0) is 6.42 Å². The van der Waals surface area contributed by atoms with Gasteiger partial charge in [-0.25, -0.2) is 4.79 Å². The molecule has 0 aromatic carbocycles. The Morgan fingerprint density at radius 3 is 2.62 bits per heavy atom. The van der Waals surface area contributed by atoms with Crippen LogP contribution in [0.1, 0.15) is 43.7 Å². The van der Waals surface area contributed by atoms with Crippen LogP contribution in [0.25, 0.3) is 0 Å². The fourth-order valence-corrected chi connectivity index (χ4v) is 2.23. The number of nitrogens with zero attached hydrogens (tertiary/aromatic N) is 1. The molecule has 6 nitrogen and oxygen atoms in total. The van der Waals surface area contributed by atoms with Gasteiger partial charge in [0.05, 0.1) is 11.8 Å². The smallest absolute Gasteiger partial charge is 0.314 e. The Morgan fingerprint density at radius 1 is 1.33 bits per heavy atom. The van der Waals surface area contributed by atoms with Crippen LogP contribution in [0.2, 0.25) is 0 Å². The summed E-state index contributed by atoms with van der Waals surface area (Å²) < 4.78 is 5.09. The molecule has 0 bridgehead atoms. The lowest BCUT2D eigenvalue weighted by molar-refractivity contribution is 0.147. The Hall–Kier alpha value is -1.56. The molecule has 0 spiro atoms. The highest BCUT2D eigenvalue weighted by molar-refractivity contribution is 5.73. The van der Waals surface area contributed by atoms with Crippen LogP contribution >= 0.6 is 0 Å². The normalized spacial score (nSPS) is 12.5. The third kappa shape index (κ3) is 6.62. The van der Waals surface area contributed by atoms with E-state index in [-0.39, 0.29) is 12.6 Å². The van der Waals surface area contributed by atoms with Crippen LogP contribution in [0, 0.1) is 19.8 Å². The number of urea groups is 1. The molecule has 2 amide bonds. The summed E-state index contributed by atoms with van der Waals surface area (Å²) in [5, 5.41) is 19.0. The average molecular weight is 297 g/mol. The summed E-state index contributed by atoms with van der Waals surface area (Å²) in [5.74, 6) is 1.26. The first-order valence-corrected chi connectivity index (χ1v) is 7.51. The van der Waals surface area contributed by atoms with Crippen molar-refractivity contribution in [2.75, 3.05) is 13.1 Å². The molecule has 0 radical (unpaired) electrons. The standard InChI is InChI=1S/C15H27N3O3/c1-10(2)8-13(19)9-17-15(20)16-7-5-6-14-11(3)18-21-12(14)4/h10,13,19H,5-9H2,1-4H3,(H2,16,17,20). The fourth-order valence-electron chi connectivity index (χ4n) is 2.23. The van der Waals surface area contributed by atoms with Crippen LogP contribution in [0.5, 0.6) is 0 Å². The van der Waals surface area contributed by atoms with E-state index in [1.54, 1.807) is 0 Å². The molecule has 1 heterocycles. The molecule has 120 valence electrons. The van der Waals surface area contributed by atoms with Gasteiger partial charge < -0.3 is 20.3 Å². The fraction of sp³-hybridized carbons (Fsp3) is 0.733.